The van der Waals surface area contributed by atoms with E-state index in [1.165, 1.54) is 61.4 Å². The molecule has 0 saturated carbocycles. The number of allylic oxidation sites excluding steroid dienone is 2. The van der Waals surface area contributed by atoms with Gasteiger partial charge in [0.05, 0.1) is 17.4 Å². The van der Waals surface area contributed by atoms with Gasteiger partial charge in [0.1, 0.15) is 0 Å². The number of rotatable bonds is 5. The predicted molar refractivity (Wildman–Crippen MR) is 163 cm³/mol. The number of methoxy groups -OCH3 is 1. The van der Waals surface area contributed by atoms with Gasteiger partial charge in [0, 0.05) is 49.0 Å². The largest absolute Gasteiger partial charge is 0.385 e. The summed E-state index contributed by atoms with van der Waals surface area (Å²) in [5.74, 6) is 0.290. The van der Waals surface area contributed by atoms with Crippen molar-refractivity contribution in [3.05, 3.63) is 101 Å². The molecule has 0 amide bonds. The fraction of sp³-hybridized carbons (Fsp3) is 0.371. The van der Waals surface area contributed by atoms with Gasteiger partial charge in [0.15, 0.2) is 0 Å². The van der Waals surface area contributed by atoms with Gasteiger partial charge in [-0.25, -0.2) is 0 Å². The molecule has 198 valence electrons. The highest BCUT2D eigenvalue weighted by Crippen LogP contribution is 2.56. The molecule has 0 saturated heterocycles. The number of para-hydroxylation sites is 1. The molecule has 3 aromatic rings. The van der Waals surface area contributed by atoms with Crippen LogP contribution in [0.25, 0.3) is 16.5 Å². The van der Waals surface area contributed by atoms with Crippen LogP contribution in [-0.2, 0) is 4.74 Å². The Morgan fingerprint density at radius 1 is 1.00 bits per heavy atom. The van der Waals surface area contributed by atoms with Gasteiger partial charge in [0.25, 0.3) is 0 Å². The molecule has 0 aliphatic carbocycles. The van der Waals surface area contributed by atoms with E-state index in [0.717, 1.165) is 13.0 Å². The van der Waals surface area contributed by atoms with Crippen LogP contribution >= 0.6 is 0 Å². The number of nitrogens with zero attached hydrogens (tertiary/aromatic N) is 2. The molecule has 5 rings (SSSR count). The smallest absolute Gasteiger partial charge is 0.0636 e. The molecule has 2 unspecified atom stereocenters. The van der Waals surface area contributed by atoms with Crippen molar-refractivity contribution in [2.75, 3.05) is 25.7 Å². The van der Waals surface area contributed by atoms with E-state index in [1.807, 2.05) is 0 Å². The molecule has 2 aliphatic rings. The fourth-order valence-corrected chi connectivity index (χ4v) is 6.60. The van der Waals surface area contributed by atoms with Gasteiger partial charge in [-0.2, -0.15) is 0 Å². The molecular weight excluding hydrogens is 464 g/mol. The number of benzene rings is 3. The molecule has 0 fully saturated rings. The average molecular weight is 507 g/mol. The maximum atomic E-state index is 5.61. The summed E-state index contributed by atoms with van der Waals surface area (Å²) in [6.45, 7) is 18.7. The molecule has 38 heavy (non-hydrogen) atoms. The Kier molecular flexibility index (Phi) is 6.77. The monoisotopic (exact) mass is 506 g/mol. The lowest BCUT2D eigenvalue weighted by Crippen LogP contribution is -2.42. The zero-order chi connectivity index (χ0) is 27.4. The molecule has 2 aliphatic heterocycles. The first-order chi connectivity index (χ1) is 18.1. The van der Waals surface area contributed by atoms with E-state index in [0.29, 0.717) is 5.92 Å². The molecule has 3 nitrogen and oxygen atoms in total. The van der Waals surface area contributed by atoms with Gasteiger partial charge in [-0.3, -0.25) is 0 Å². The minimum Gasteiger partial charge on any atom is -0.385 e. The Bertz CT molecular complexity index is 1460. The lowest BCUT2D eigenvalue weighted by Gasteiger charge is -2.48. The van der Waals surface area contributed by atoms with Crippen molar-refractivity contribution in [2.24, 2.45) is 5.41 Å². The highest BCUT2D eigenvalue weighted by atomic mass is 16.5. The number of hydrogen-bond acceptors (Lipinski definition) is 3. The summed E-state index contributed by atoms with van der Waals surface area (Å²) in [5, 5.41) is 2.64. The molecular formula is C35H42N2O. The van der Waals surface area contributed by atoms with Crippen LogP contribution in [0.5, 0.6) is 0 Å². The molecule has 3 aromatic carbocycles. The molecule has 0 aromatic heterocycles. The van der Waals surface area contributed by atoms with Gasteiger partial charge >= 0.3 is 0 Å². The predicted octanol–water partition coefficient (Wildman–Crippen LogP) is 8.89. The second-order valence-electron chi connectivity index (χ2n) is 12.1. The number of anilines is 2. The van der Waals surface area contributed by atoms with Crippen molar-refractivity contribution in [3.63, 3.8) is 0 Å². The minimum absolute atomic E-state index is 0.00696. The standard InChI is InChI=1S/C35H42N2O/c1-10-30-26(16-17-38-9)28-20-27-23(3)18-22(2)19-29(27)34-32(28)33(36(30)8)24(4)31(21-35(5,6)7)37(34)25-14-12-11-13-15-25/h10-15,18-21,26,30H,1,16-17H2,2-9H3/b31-21+. The van der Waals surface area contributed by atoms with Crippen LogP contribution in [0.15, 0.2) is 78.5 Å². The van der Waals surface area contributed by atoms with Crippen LogP contribution in [0, 0.1) is 19.3 Å². The van der Waals surface area contributed by atoms with Gasteiger partial charge < -0.3 is 14.5 Å². The maximum absolute atomic E-state index is 5.61. The SMILES string of the molecule is C=CC1C(CCOC)c2cc3c(C)cc(C)cc3c3c2C(=C(C)/C(=C\C(C)(C)C)N3c2ccccc2)N1C. The van der Waals surface area contributed by atoms with E-state index in [2.05, 4.69) is 126 Å². The van der Waals surface area contributed by atoms with Crippen LogP contribution in [0.2, 0.25) is 0 Å². The molecule has 2 atom stereocenters. The van der Waals surface area contributed by atoms with E-state index in [9.17, 15) is 0 Å². The molecule has 0 bridgehead atoms. The topological polar surface area (TPSA) is 15.7 Å². The summed E-state index contributed by atoms with van der Waals surface area (Å²) in [6, 6.07) is 18.2. The first-order valence-electron chi connectivity index (χ1n) is 13.8. The zero-order valence-corrected chi connectivity index (χ0v) is 24.4. The molecule has 2 heterocycles. The Hall–Kier alpha value is -3.30. The average Bonchev–Trinajstić information content (AvgIpc) is 2.86. The lowest BCUT2D eigenvalue weighted by atomic mass is 9.74. The summed E-state index contributed by atoms with van der Waals surface area (Å²) < 4.78 is 5.61. The molecule has 3 heteroatoms. The van der Waals surface area contributed by atoms with Crippen LogP contribution < -0.4 is 4.90 Å². The number of likely N-dealkylation sites (N-methyl/N-ethyl adjacent to an activating group) is 1. The summed E-state index contributed by atoms with van der Waals surface area (Å²) in [7, 11) is 4.05. The first kappa shape index (κ1) is 26.3. The minimum atomic E-state index is 0.00696. The van der Waals surface area contributed by atoms with Gasteiger partial charge in [-0.1, -0.05) is 62.8 Å². The third kappa shape index (κ3) is 4.27. The Labute approximate surface area is 229 Å². The number of hydrogen-bond donors (Lipinski definition) is 0. The number of aryl methyl sites for hydroxylation is 2. The van der Waals surface area contributed by atoms with Crippen molar-refractivity contribution in [1.82, 2.24) is 4.90 Å². The second kappa shape index (κ2) is 9.78. The van der Waals surface area contributed by atoms with Gasteiger partial charge in [-0.05, 0) is 79.0 Å². The van der Waals surface area contributed by atoms with Crippen molar-refractivity contribution in [1.29, 1.82) is 0 Å². The third-order valence-corrected chi connectivity index (χ3v) is 8.12. The summed E-state index contributed by atoms with van der Waals surface area (Å²) in [6.07, 6.45) is 5.52. The van der Waals surface area contributed by atoms with Crippen molar-refractivity contribution in [3.8, 4) is 0 Å². The number of fused-ring (bicyclic) bond motifs is 2. The quantitative estimate of drug-likeness (QED) is 0.321. The molecule has 0 N–H and O–H groups in total. The molecule has 0 spiro atoms. The third-order valence-electron chi connectivity index (χ3n) is 8.12. The normalized spacial score (nSPS) is 20.4. The Balaban J connectivity index is 2.00. The summed E-state index contributed by atoms with van der Waals surface area (Å²) in [5.41, 5.74) is 11.7. The number of ether oxygens (including phenoxy) is 1. The summed E-state index contributed by atoms with van der Waals surface area (Å²) in [4.78, 5) is 5.00. The van der Waals surface area contributed by atoms with E-state index in [4.69, 9.17) is 4.74 Å². The van der Waals surface area contributed by atoms with Crippen molar-refractivity contribution in [2.45, 2.75) is 59.9 Å². The van der Waals surface area contributed by atoms with E-state index >= 15 is 0 Å². The highest BCUT2D eigenvalue weighted by Gasteiger charge is 2.42. The first-order valence-corrected chi connectivity index (χ1v) is 13.8. The van der Waals surface area contributed by atoms with E-state index < -0.39 is 0 Å². The second-order valence-corrected chi connectivity index (χ2v) is 12.1. The maximum Gasteiger partial charge on any atom is 0.0636 e. The van der Waals surface area contributed by atoms with Gasteiger partial charge in [0.2, 0.25) is 0 Å². The zero-order valence-electron chi connectivity index (χ0n) is 24.4. The van der Waals surface area contributed by atoms with E-state index in [1.54, 1.807) is 7.11 Å². The lowest BCUT2D eigenvalue weighted by molar-refractivity contribution is 0.175. The van der Waals surface area contributed by atoms with Crippen LogP contribution in [0.3, 0.4) is 0 Å². The van der Waals surface area contributed by atoms with Crippen molar-refractivity contribution < 1.29 is 4.74 Å². The highest BCUT2D eigenvalue weighted by molar-refractivity contribution is 6.08. The Morgan fingerprint density at radius 2 is 1.71 bits per heavy atom. The Morgan fingerprint density at radius 3 is 2.34 bits per heavy atom. The summed E-state index contributed by atoms with van der Waals surface area (Å²) >= 11 is 0. The van der Waals surface area contributed by atoms with Crippen LogP contribution in [0.1, 0.15) is 62.3 Å². The van der Waals surface area contributed by atoms with Gasteiger partial charge in [-0.15, -0.1) is 6.58 Å². The fourth-order valence-electron chi connectivity index (χ4n) is 6.60. The molecule has 0 radical (unpaired) electrons. The van der Waals surface area contributed by atoms with Crippen molar-refractivity contribution >= 4 is 27.8 Å². The van der Waals surface area contributed by atoms with Crippen LogP contribution in [0.4, 0.5) is 11.4 Å². The van der Waals surface area contributed by atoms with Crippen LogP contribution in [-0.4, -0.2) is 31.7 Å². The van der Waals surface area contributed by atoms with E-state index in [-0.39, 0.29) is 11.5 Å².